The molecule has 2 fully saturated rings. The minimum absolute atomic E-state index is 0. The Balaban J connectivity index is 0.00000156. The van der Waals surface area contributed by atoms with E-state index in [9.17, 15) is 4.79 Å². The molecular weight excluding hydrogens is 381 g/mol. The summed E-state index contributed by atoms with van der Waals surface area (Å²) in [5.74, 6) is 1.26. The van der Waals surface area contributed by atoms with E-state index in [-0.39, 0.29) is 48.8 Å². The van der Waals surface area contributed by atoms with Crippen molar-refractivity contribution in [3.05, 3.63) is 16.1 Å². The number of amides is 1. The van der Waals surface area contributed by atoms with Crippen molar-refractivity contribution in [2.75, 3.05) is 13.7 Å². The summed E-state index contributed by atoms with van der Waals surface area (Å²) in [5, 5.41) is 2.99. The molecule has 144 valence electrons. The summed E-state index contributed by atoms with van der Waals surface area (Å²) < 4.78 is 5.57. The van der Waals surface area contributed by atoms with Crippen LogP contribution in [0.5, 0.6) is 0 Å². The lowest BCUT2D eigenvalue weighted by Crippen LogP contribution is -2.45. The first kappa shape index (κ1) is 22.6. The summed E-state index contributed by atoms with van der Waals surface area (Å²) in [6.07, 6.45) is 3.51. The van der Waals surface area contributed by atoms with Gasteiger partial charge < -0.3 is 15.4 Å². The third-order valence-electron chi connectivity index (χ3n) is 5.38. The fourth-order valence-corrected chi connectivity index (χ4v) is 4.99. The van der Waals surface area contributed by atoms with Crippen molar-refractivity contribution in [3.63, 3.8) is 0 Å². The molecule has 0 spiro atoms. The largest absolute Gasteiger partial charge is 0.372 e. The number of rotatable bonds is 6. The number of ether oxygens (including phenoxy) is 1. The Morgan fingerprint density at radius 1 is 1.44 bits per heavy atom. The molecule has 0 saturated heterocycles. The van der Waals surface area contributed by atoms with Crippen molar-refractivity contribution in [1.82, 2.24) is 9.88 Å². The first-order valence-electron chi connectivity index (χ1n) is 8.57. The van der Waals surface area contributed by atoms with Crippen molar-refractivity contribution in [3.8, 4) is 0 Å². The summed E-state index contributed by atoms with van der Waals surface area (Å²) in [6.45, 7) is 5.22. The highest BCUT2D eigenvalue weighted by Crippen LogP contribution is 2.48. The van der Waals surface area contributed by atoms with Gasteiger partial charge in [-0.2, -0.15) is 0 Å². The van der Waals surface area contributed by atoms with Crippen molar-refractivity contribution < 1.29 is 9.53 Å². The lowest BCUT2D eigenvalue weighted by molar-refractivity contribution is -0.137. The number of carbonyl (C=O) groups is 1. The third-order valence-corrected chi connectivity index (χ3v) is 6.43. The molecule has 1 aromatic heterocycles. The Bertz CT molecular complexity index is 570. The Hall–Kier alpha value is -0.400. The molecule has 25 heavy (non-hydrogen) atoms. The molecule has 0 aliphatic heterocycles. The summed E-state index contributed by atoms with van der Waals surface area (Å²) in [4.78, 5) is 19.2. The minimum atomic E-state index is 0. The molecule has 0 aromatic carbocycles. The van der Waals surface area contributed by atoms with Crippen molar-refractivity contribution >= 4 is 42.1 Å². The van der Waals surface area contributed by atoms with Gasteiger partial charge in [0.25, 0.3) is 0 Å². The average molecular weight is 410 g/mol. The Kier molecular flexibility index (Phi) is 8.61. The standard InChI is InChI=1S/C17H27N3O2S.2ClH/c1-4-22-10(2)16-19-13(9-23-16)8-20(3)17(21)14-11-5-6-12(7-11)15(14)18;;/h9-12,14-15H,4-8,18H2,1-3H3;2*1H. The molecule has 1 heterocycles. The van der Waals surface area contributed by atoms with Crippen LogP contribution in [0.4, 0.5) is 0 Å². The van der Waals surface area contributed by atoms with Crippen LogP contribution in [0.1, 0.15) is 49.9 Å². The van der Waals surface area contributed by atoms with Gasteiger partial charge in [0.05, 0.1) is 18.2 Å². The molecule has 2 aliphatic rings. The highest BCUT2D eigenvalue weighted by molar-refractivity contribution is 7.09. The number of nitrogens with zero attached hydrogens (tertiary/aromatic N) is 2. The zero-order valence-corrected chi connectivity index (χ0v) is 17.5. The van der Waals surface area contributed by atoms with Crippen LogP contribution in [-0.2, 0) is 16.1 Å². The lowest BCUT2D eigenvalue weighted by atomic mass is 9.84. The first-order valence-corrected chi connectivity index (χ1v) is 9.45. The topological polar surface area (TPSA) is 68.5 Å². The zero-order valence-electron chi connectivity index (χ0n) is 15.0. The summed E-state index contributed by atoms with van der Waals surface area (Å²) >= 11 is 1.60. The van der Waals surface area contributed by atoms with Crippen molar-refractivity contribution in [2.24, 2.45) is 23.5 Å². The van der Waals surface area contributed by atoms with E-state index in [4.69, 9.17) is 10.5 Å². The van der Waals surface area contributed by atoms with Gasteiger partial charge in [0.2, 0.25) is 5.91 Å². The van der Waals surface area contributed by atoms with E-state index in [1.165, 1.54) is 6.42 Å². The number of halogens is 2. The summed E-state index contributed by atoms with van der Waals surface area (Å²) in [6, 6.07) is 0.0488. The van der Waals surface area contributed by atoms with Gasteiger partial charge in [0, 0.05) is 25.1 Å². The molecular formula is C17H29Cl2N3O2S. The average Bonchev–Trinajstić information content (AvgIpc) is 3.22. The van der Waals surface area contributed by atoms with Crippen LogP contribution >= 0.6 is 36.2 Å². The predicted octanol–water partition coefficient (Wildman–Crippen LogP) is 3.42. The van der Waals surface area contributed by atoms with Gasteiger partial charge in [-0.3, -0.25) is 4.79 Å². The van der Waals surface area contributed by atoms with Crippen LogP contribution in [0.2, 0.25) is 0 Å². The number of aromatic nitrogens is 1. The fourth-order valence-electron chi connectivity index (χ4n) is 4.18. The molecule has 5 unspecified atom stereocenters. The molecule has 3 rings (SSSR count). The summed E-state index contributed by atoms with van der Waals surface area (Å²) in [7, 11) is 1.87. The number of thiazole rings is 1. The van der Waals surface area contributed by atoms with Gasteiger partial charge in [-0.1, -0.05) is 0 Å². The highest BCUT2D eigenvalue weighted by atomic mass is 35.5. The van der Waals surface area contributed by atoms with Gasteiger partial charge in [0.15, 0.2) is 0 Å². The number of nitrogens with two attached hydrogens (primary N) is 1. The third kappa shape index (κ3) is 4.66. The number of carbonyl (C=O) groups excluding carboxylic acids is 1. The smallest absolute Gasteiger partial charge is 0.227 e. The van der Waals surface area contributed by atoms with Crippen LogP contribution in [0.15, 0.2) is 5.38 Å². The number of hydrogen-bond acceptors (Lipinski definition) is 5. The van der Waals surface area contributed by atoms with Gasteiger partial charge in [0.1, 0.15) is 11.1 Å². The van der Waals surface area contributed by atoms with E-state index in [1.54, 1.807) is 16.2 Å². The van der Waals surface area contributed by atoms with Gasteiger partial charge >= 0.3 is 0 Å². The molecule has 8 heteroatoms. The maximum Gasteiger partial charge on any atom is 0.227 e. The second kappa shape index (κ2) is 9.51. The molecule has 5 nitrogen and oxygen atoms in total. The van der Waals surface area contributed by atoms with Crippen LogP contribution in [0, 0.1) is 17.8 Å². The molecule has 1 aromatic rings. The fraction of sp³-hybridized carbons (Fsp3) is 0.765. The maximum atomic E-state index is 12.8. The molecule has 2 aliphatic carbocycles. The molecule has 1 amide bonds. The first-order chi connectivity index (χ1) is 11.0. The van der Waals surface area contributed by atoms with Crippen molar-refractivity contribution in [2.45, 2.75) is 51.8 Å². The lowest BCUT2D eigenvalue weighted by Gasteiger charge is -2.30. The van der Waals surface area contributed by atoms with Crippen LogP contribution in [0.3, 0.4) is 0 Å². The minimum Gasteiger partial charge on any atom is -0.372 e. The quantitative estimate of drug-likeness (QED) is 0.781. The predicted molar refractivity (Wildman–Crippen MR) is 105 cm³/mol. The number of fused-ring (bicyclic) bond motifs is 2. The van der Waals surface area contributed by atoms with E-state index in [2.05, 4.69) is 4.98 Å². The molecule has 5 atom stereocenters. The zero-order chi connectivity index (χ0) is 16.6. The van der Waals surface area contributed by atoms with Crippen LogP contribution in [-0.4, -0.2) is 35.5 Å². The van der Waals surface area contributed by atoms with Crippen molar-refractivity contribution in [1.29, 1.82) is 0 Å². The van der Waals surface area contributed by atoms with Crippen LogP contribution < -0.4 is 5.73 Å². The van der Waals surface area contributed by atoms with Gasteiger partial charge in [-0.25, -0.2) is 4.98 Å². The van der Waals surface area contributed by atoms with E-state index in [0.717, 1.165) is 23.5 Å². The van der Waals surface area contributed by atoms with Gasteiger partial charge in [-0.05, 0) is 44.9 Å². The Labute approximate surface area is 166 Å². The highest BCUT2D eigenvalue weighted by Gasteiger charge is 2.49. The van der Waals surface area contributed by atoms with E-state index < -0.39 is 0 Å². The Morgan fingerprint density at radius 2 is 2.12 bits per heavy atom. The molecule has 2 N–H and O–H groups in total. The van der Waals surface area contributed by atoms with E-state index in [1.807, 2.05) is 26.3 Å². The molecule has 0 radical (unpaired) electrons. The molecule has 2 bridgehead atoms. The monoisotopic (exact) mass is 409 g/mol. The maximum absolute atomic E-state index is 12.8. The summed E-state index contributed by atoms with van der Waals surface area (Å²) in [5.41, 5.74) is 7.23. The second-order valence-corrected chi connectivity index (χ2v) is 7.79. The normalized spacial score (nSPS) is 28.2. The van der Waals surface area contributed by atoms with E-state index in [0.29, 0.717) is 25.0 Å². The number of hydrogen-bond donors (Lipinski definition) is 1. The van der Waals surface area contributed by atoms with Crippen LogP contribution in [0.25, 0.3) is 0 Å². The Morgan fingerprint density at radius 3 is 2.72 bits per heavy atom. The van der Waals surface area contributed by atoms with Gasteiger partial charge in [-0.15, -0.1) is 36.2 Å². The SMILES string of the molecule is CCOC(C)c1nc(CN(C)C(=O)C2C3CCC(C3)C2N)cs1.Cl.Cl. The molecule has 2 saturated carbocycles. The second-order valence-electron chi connectivity index (χ2n) is 6.91. The van der Waals surface area contributed by atoms with E-state index >= 15 is 0 Å².